The molecule has 0 aliphatic rings. The molecule has 0 rings (SSSR count). The number of aliphatic hydroxyl groups excluding tert-OH is 1. The van der Waals surface area contributed by atoms with Gasteiger partial charge >= 0.3 is 0 Å². The van der Waals surface area contributed by atoms with Crippen LogP contribution in [0.25, 0.3) is 0 Å². The fraction of sp³-hybridized carbons (Fsp3) is 1.00. The second kappa shape index (κ2) is 10.3. The van der Waals surface area contributed by atoms with E-state index in [9.17, 15) is 5.11 Å². The number of hydrogen-bond donors (Lipinski definition) is 5. The Morgan fingerprint density at radius 3 is 2.47 bits per heavy atom. The van der Waals surface area contributed by atoms with Crippen LogP contribution in [0.1, 0.15) is 6.92 Å². The van der Waals surface area contributed by atoms with E-state index in [1.807, 2.05) is 5.01 Å². The maximum absolute atomic E-state index is 9.24. The van der Waals surface area contributed by atoms with Gasteiger partial charge in [0.05, 0.1) is 6.10 Å². The fourth-order valence-corrected chi connectivity index (χ4v) is 1.24. The van der Waals surface area contributed by atoms with E-state index in [2.05, 4.69) is 10.7 Å². The van der Waals surface area contributed by atoms with Crippen LogP contribution in [0, 0.1) is 0 Å². The maximum atomic E-state index is 9.24. The number of nitrogens with zero attached hydrogens (tertiary/aromatic N) is 1. The van der Waals surface area contributed by atoms with Crippen LogP contribution in [0.5, 0.6) is 0 Å². The summed E-state index contributed by atoms with van der Waals surface area (Å²) in [5, 5.41) is 14.4. The monoisotopic (exact) mass is 219 g/mol. The molecule has 92 valence electrons. The Morgan fingerprint density at radius 1 is 1.20 bits per heavy atom. The normalized spacial score (nSPS) is 13.4. The quantitative estimate of drug-likeness (QED) is 0.209. The van der Waals surface area contributed by atoms with E-state index in [0.29, 0.717) is 19.6 Å². The van der Waals surface area contributed by atoms with Gasteiger partial charge in [-0.15, -0.1) is 0 Å². The Labute approximate surface area is 92.0 Å². The lowest BCUT2D eigenvalue weighted by molar-refractivity contribution is 0.0950. The Balaban J connectivity index is 3.47. The van der Waals surface area contributed by atoms with Crippen LogP contribution >= 0.6 is 0 Å². The number of nitrogens with two attached hydrogens (primary N) is 2. The molecule has 0 aromatic rings. The predicted molar refractivity (Wildman–Crippen MR) is 62.2 cm³/mol. The molecule has 0 aliphatic carbocycles. The summed E-state index contributed by atoms with van der Waals surface area (Å²) in [6.07, 6.45) is -0.346. The van der Waals surface area contributed by atoms with Gasteiger partial charge in [0.2, 0.25) is 0 Å². The van der Waals surface area contributed by atoms with Crippen molar-refractivity contribution in [1.29, 1.82) is 0 Å². The van der Waals surface area contributed by atoms with Crippen LogP contribution in [0.3, 0.4) is 0 Å². The van der Waals surface area contributed by atoms with E-state index in [4.69, 9.17) is 11.5 Å². The van der Waals surface area contributed by atoms with Gasteiger partial charge in [-0.1, -0.05) is 0 Å². The van der Waals surface area contributed by atoms with Crippen molar-refractivity contribution in [3.63, 3.8) is 0 Å². The summed E-state index contributed by atoms with van der Waals surface area (Å²) in [6, 6.07) is 0. The maximum Gasteiger partial charge on any atom is 0.0653 e. The van der Waals surface area contributed by atoms with Gasteiger partial charge in [-0.05, 0) is 6.92 Å². The van der Waals surface area contributed by atoms with Crippen molar-refractivity contribution < 1.29 is 5.11 Å². The Kier molecular flexibility index (Phi) is 10.1. The van der Waals surface area contributed by atoms with Crippen molar-refractivity contribution in [2.24, 2.45) is 11.5 Å². The highest BCUT2D eigenvalue weighted by Gasteiger charge is 2.05. The molecule has 0 saturated heterocycles. The molecule has 6 heteroatoms. The average molecular weight is 219 g/mol. The average Bonchev–Trinajstić information content (AvgIpc) is 2.17. The molecule has 0 bridgehead atoms. The summed E-state index contributed by atoms with van der Waals surface area (Å²) >= 11 is 0. The first-order valence-corrected chi connectivity index (χ1v) is 5.48. The van der Waals surface area contributed by atoms with Gasteiger partial charge in [-0.3, -0.25) is 5.43 Å². The lowest BCUT2D eigenvalue weighted by Crippen LogP contribution is -2.47. The van der Waals surface area contributed by atoms with Gasteiger partial charge in [0.1, 0.15) is 0 Å². The van der Waals surface area contributed by atoms with Gasteiger partial charge in [0.25, 0.3) is 0 Å². The third kappa shape index (κ3) is 10.1. The number of hydrazine groups is 1. The highest BCUT2D eigenvalue weighted by atomic mass is 16.3. The molecule has 0 heterocycles. The minimum Gasteiger partial charge on any atom is -0.392 e. The van der Waals surface area contributed by atoms with Crippen molar-refractivity contribution in [1.82, 2.24) is 15.8 Å². The molecule has 0 spiro atoms. The molecule has 7 N–H and O–H groups in total. The highest BCUT2D eigenvalue weighted by molar-refractivity contribution is 4.59. The first-order chi connectivity index (χ1) is 7.20. The second-order valence-corrected chi connectivity index (χ2v) is 3.53. The highest BCUT2D eigenvalue weighted by Crippen LogP contribution is 1.86. The van der Waals surface area contributed by atoms with Crippen molar-refractivity contribution in [2.75, 3.05) is 45.8 Å². The zero-order valence-electron chi connectivity index (χ0n) is 9.58. The van der Waals surface area contributed by atoms with Crippen molar-refractivity contribution in [3.8, 4) is 0 Å². The van der Waals surface area contributed by atoms with E-state index in [1.165, 1.54) is 0 Å². The Hall–Kier alpha value is -0.240. The molecule has 0 aromatic heterocycles. The van der Waals surface area contributed by atoms with Crippen LogP contribution in [-0.2, 0) is 0 Å². The molecule has 0 saturated carbocycles. The zero-order valence-corrected chi connectivity index (χ0v) is 9.58. The number of hydrogen-bond acceptors (Lipinski definition) is 6. The number of rotatable bonds is 10. The molecule has 0 fully saturated rings. The molecule has 15 heavy (non-hydrogen) atoms. The molecular weight excluding hydrogens is 194 g/mol. The van der Waals surface area contributed by atoms with Gasteiger partial charge in [0.15, 0.2) is 0 Å². The Bertz CT molecular complexity index is 134. The lowest BCUT2D eigenvalue weighted by atomic mass is 10.4. The van der Waals surface area contributed by atoms with E-state index >= 15 is 0 Å². The molecule has 1 atom stereocenters. The topological polar surface area (TPSA) is 99.6 Å². The van der Waals surface area contributed by atoms with Crippen molar-refractivity contribution in [2.45, 2.75) is 13.0 Å². The lowest BCUT2D eigenvalue weighted by Gasteiger charge is -2.24. The van der Waals surface area contributed by atoms with Crippen LogP contribution in [0.15, 0.2) is 0 Å². The van der Waals surface area contributed by atoms with Crippen molar-refractivity contribution >= 4 is 0 Å². The number of aliphatic hydroxyl groups is 1. The van der Waals surface area contributed by atoms with Crippen LogP contribution in [0.2, 0.25) is 0 Å². The first-order valence-electron chi connectivity index (χ1n) is 5.48. The summed E-state index contributed by atoms with van der Waals surface area (Å²) in [5.74, 6) is 0. The van der Waals surface area contributed by atoms with E-state index in [1.54, 1.807) is 6.92 Å². The molecule has 0 aliphatic heterocycles. The van der Waals surface area contributed by atoms with Gasteiger partial charge in [0, 0.05) is 45.8 Å². The molecule has 1 unspecified atom stereocenters. The summed E-state index contributed by atoms with van der Waals surface area (Å²) in [5.41, 5.74) is 14.0. The molecule has 0 aromatic carbocycles. The second-order valence-electron chi connectivity index (χ2n) is 3.53. The summed E-state index contributed by atoms with van der Waals surface area (Å²) in [7, 11) is 0. The minimum atomic E-state index is -0.346. The van der Waals surface area contributed by atoms with Gasteiger partial charge in [-0.2, -0.15) is 0 Å². The smallest absolute Gasteiger partial charge is 0.0653 e. The van der Waals surface area contributed by atoms with Crippen LogP contribution < -0.4 is 22.2 Å². The van der Waals surface area contributed by atoms with E-state index in [-0.39, 0.29) is 6.10 Å². The van der Waals surface area contributed by atoms with Gasteiger partial charge < -0.3 is 21.9 Å². The molecule has 6 nitrogen and oxygen atoms in total. The SMILES string of the molecule is CC(O)CN(CCN)NCCNCCN. The zero-order chi connectivity index (χ0) is 11.5. The standard InChI is InChI=1S/C9H25N5O/c1-9(15)8-14(7-3-11)13-6-5-12-4-2-10/h9,12-13,15H,2-8,10-11H2,1H3. The third-order valence-corrected chi connectivity index (χ3v) is 1.84. The van der Waals surface area contributed by atoms with Crippen molar-refractivity contribution in [3.05, 3.63) is 0 Å². The van der Waals surface area contributed by atoms with E-state index in [0.717, 1.165) is 26.2 Å². The van der Waals surface area contributed by atoms with Crippen LogP contribution in [-0.4, -0.2) is 62.0 Å². The fourth-order valence-electron chi connectivity index (χ4n) is 1.24. The first kappa shape index (κ1) is 14.8. The molecule has 0 amide bonds. The largest absolute Gasteiger partial charge is 0.392 e. The number of nitrogens with one attached hydrogen (secondary N) is 2. The molecule has 0 radical (unpaired) electrons. The molecular formula is C9H25N5O. The van der Waals surface area contributed by atoms with E-state index < -0.39 is 0 Å². The third-order valence-electron chi connectivity index (χ3n) is 1.84. The minimum absolute atomic E-state index is 0.346. The summed E-state index contributed by atoms with van der Waals surface area (Å²) in [6.45, 7) is 6.82. The Morgan fingerprint density at radius 2 is 1.93 bits per heavy atom. The summed E-state index contributed by atoms with van der Waals surface area (Å²) in [4.78, 5) is 0. The van der Waals surface area contributed by atoms with Gasteiger partial charge in [-0.25, -0.2) is 5.01 Å². The van der Waals surface area contributed by atoms with Crippen LogP contribution in [0.4, 0.5) is 0 Å². The predicted octanol–water partition coefficient (Wildman–Crippen LogP) is -2.32. The summed E-state index contributed by atoms with van der Waals surface area (Å²) < 4.78 is 0.